The molecule has 3 aromatic rings. The number of rotatable bonds is 4. The van der Waals surface area contributed by atoms with Crippen LogP contribution >= 0.6 is 11.3 Å². The Morgan fingerprint density at radius 2 is 2.08 bits per heavy atom. The molecule has 1 N–H and O–H groups in total. The number of hydrogen-bond acceptors (Lipinski definition) is 4. The Morgan fingerprint density at radius 3 is 2.75 bits per heavy atom. The molecule has 1 amide bonds. The zero-order valence-electron chi connectivity index (χ0n) is 12.9. The molecule has 0 aliphatic heterocycles. The van der Waals surface area contributed by atoms with Gasteiger partial charge in [0.25, 0.3) is 5.91 Å². The van der Waals surface area contributed by atoms with Gasteiger partial charge in [-0.2, -0.15) is 5.26 Å². The van der Waals surface area contributed by atoms with Crippen molar-refractivity contribution in [3.63, 3.8) is 0 Å². The van der Waals surface area contributed by atoms with E-state index in [2.05, 4.69) is 10.3 Å². The highest BCUT2D eigenvalue weighted by Crippen LogP contribution is 2.18. The number of nitriles is 1. The minimum absolute atomic E-state index is 0.0266. The highest BCUT2D eigenvalue weighted by atomic mass is 32.1. The molecule has 0 spiro atoms. The lowest BCUT2D eigenvalue weighted by molar-refractivity contribution is -0.112. The maximum absolute atomic E-state index is 12.3. The number of nitrogens with zero attached hydrogens (tertiary/aromatic N) is 3. The van der Waals surface area contributed by atoms with Gasteiger partial charge in [0.05, 0.1) is 5.69 Å². The number of para-hydroxylation sites is 1. The SMILES string of the molecule is Cc1csc(NC(=O)/C(C#N)=C\c2cccn2-c2ccccc2)n1. The van der Waals surface area contributed by atoms with Crippen LogP contribution in [0.1, 0.15) is 11.4 Å². The summed E-state index contributed by atoms with van der Waals surface area (Å²) >= 11 is 1.33. The minimum atomic E-state index is -0.465. The van der Waals surface area contributed by atoms with Crippen LogP contribution in [0.25, 0.3) is 11.8 Å². The summed E-state index contributed by atoms with van der Waals surface area (Å²) in [6.45, 7) is 1.85. The Balaban J connectivity index is 1.88. The van der Waals surface area contributed by atoms with Crippen LogP contribution in [0.4, 0.5) is 5.13 Å². The van der Waals surface area contributed by atoms with Gasteiger partial charge in [-0.3, -0.25) is 10.1 Å². The number of carbonyl (C=O) groups is 1. The Kier molecular flexibility index (Phi) is 4.54. The van der Waals surface area contributed by atoms with Crippen molar-refractivity contribution in [2.45, 2.75) is 6.92 Å². The Labute approximate surface area is 143 Å². The standard InChI is InChI=1S/C18H14N4OS/c1-13-12-24-18(20-13)21-17(23)14(11-19)10-16-8-5-9-22(16)15-6-3-2-4-7-15/h2-10,12H,1H3,(H,20,21,23)/b14-10-. The van der Waals surface area contributed by atoms with E-state index in [1.54, 1.807) is 6.08 Å². The molecule has 0 saturated carbocycles. The second-order valence-corrected chi connectivity index (χ2v) is 5.91. The summed E-state index contributed by atoms with van der Waals surface area (Å²) in [6, 6.07) is 15.4. The maximum atomic E-state index is 12.3. The molecule has 3 rings (SSSR count). The van der Waals surface area contributed by atoms with E-state index in [0.717, 1.165) is 17.1 Å². The van der Waals surface area contributed by atoms with Crippen molar-refractivity contribution in [2.75, 3.05) is 5.32 Å². The van der Waals surface area contributed by atoms with Gasteiger partial charge in [-0.05, 0) is 37.3 Å². The number of benzene rings is 1. The van der Waals surface area contributed by atoms with Crippen LogP contribution in [0.2, 0.25) is 0 Å². The van der Waals surface area contributed by atoms with E-state index in [9.17, 15) is 10.1 Å². The Bertz CT molecular complexity index is 931. The van der Waals surface area contributed by atoms with Crippen LogP contribution < -0.4 is 5.32 Å². The smallest absolute Gasteiger partial charge is 0.268 e. The molecule has 0 aliphatic carbocycles. The van der Waals surface area contributed by atoms with Crippen molar-refractivity contribution in [3.8, 4) is 11.8 Å². The number of hydrogen-bond donors (Lipinski definition) is 1. The van der Waals surface area contributed by atoms with E-state index in [1.165, 1.54) is 11.3 Å². The third kappa shape index (κ3) is 3.42. The molecule has 0 bridgehead atoms. The highest BCUT2D eigenvalue weighted by molar-refractivity contribution is 7.13. The second-order valence-electron chi connectivity index (χ2n) is 5.06. The molecule has 0 fully saturated rings. The van der Waals surface area contributed by atoms with Crippen molar-refractivity contribution in [3.05, 3.63) is 71.0 Å². The summed E-state index contributed by atoms with van der Waals surface area (Å²) in [5.41, 5.74) is 2.57. The third-order valence-electron chi connectivity index (χ3n) is 3.31. The van der Waals surface area contributed by atoms with Crippen LogP contribution in [0, 0.1) is 18.3 Å². The first-order valence-electron chi connectivity index (χ1n) is 7.25. The van der Waals surface area contributed by atoms with Gasteiger partial charge >= 0.3 is 0 Å². The summed E-state index contributed by atoms with van der Waals surface area (Å²) < 4.78 is 1.91. The van der Waals surface area contributed by atoms with Gasteiger partial charge in [0, 0.05) is 23.0 Å². The van der Waals surface area contributed by atoms with E-state index in [0.29, 0.717) is 5.13 Å². The molecule has 0 aliphatic rings. The lowest BCUT2D eigenvalue weighted by atomic mass is 10.2. The van der Waals surface area contributed by atoms with Crippen LogP contribution in [-0.4, -0.2) is 15.5 Å². The number of aryl methyl sites for hydroxylation is 1. The highest BCUT2D eigenvalue weighted by Gasteiger charge is 2.12. The summed E-state index contributed by atoms with van der Waals surface area (Å²) in [5, 5.41) is 14.3. The fraction of sp³-hybridized carbons (Fsp3) is 0.0556. The lowest BCUT2D eigenvalue weighted by Gasteiger charge is -2.06. The maximum Gasteiger partial charge on any atom is 0.268 e. The summed E-state index contributed by atoms with van der Waals surface area (Å²) in [6.07, 6.45) is 3.46. The summed E-state index contributed by atoms with van der Waals surface area (Å²) in [7, 11) is 0. The topological polar surface area (TPSA) is 70.7 Å². The van der Waals surface area contributed by atoms with E-state index in [-0.39, 0.29) is 5.57 Å². The largest absolute Gasteiger partial charge is 0.317 e. The first kappa shape index (κ1) is 15.7. The van der Waals surface area contributed by atoms with Crippen LogP contribution in [0.3, 0.4) is 0 Å². The average molecular weight is 334 g/mol. The van der Waals surface area contributed by atoms with Crippen molar-refractivity contribution < 1.29 is 4.79 Å². The molecular weight excluding hydrogens is 320 g/mol. The number of anilines is 1. The Hall–Kier alpha value is -3.17. The van der Waals surface area contributed by atoms with E-state index in [1.807, 2.05) is 71.6 Å². The fourth-order valence-corrected chi connectivity index (χ4v) is 2.89. The molecule has 5 nitrogen and oxygen atoms in total. The lowest BCUT2D eigenvalue weighted by Crippen LogP contribution is -2.13. The van der Waals surface area contributed by atoms with Crippen LogP contribution in [-0.2, 0) is 4.79 Å². The average Bonchev–Trinajstić information content (AvgIpc) is 3.22. The number of amides is 1. The van der Waals surface area contributed by atoms with E-state index >= 15 is 0 Å². The molecule has 6 heteroatoms. The van der Waals surface area contributed by atoms with Crippen molar-refractivity contribution in [1.29, 1.82) is 5.26 Å². The van der Waals surface area contributed by atoms with Gasteiger partial charge < -0.3 is 4.57 Å². The number of carbonyl (C=O) groups excluding carboxylic acids is 1. The van der Waals surface area contributed by atoms with Gasteiger partial charge in [0.2, 0.25) is 0 Å². The van der Waals surface area contributed by atoms with Crippen molar-refractivity contribution >= 4 is 28.5 Å². The molecule has 0 unspecified atom stereocenters. The molecule has 1 aromatic carbocycles. The number of thiazole rings is 1. The quantitative estimate of drug-likeness (QED) is 0.583. The zero-order chi connectivity index (χ0) is 16.9. The third-order valence-corrected chi connectivity index (χ3v) is 4.19. The van der Waals surface area contributed by atoms with Gasteiger partial charge in [0.1, 0.15) is 11.6 Å². The predicted molar refractivity (Wildman–Crippen MR) is 94.8 cm³/mol. The van der Waals surface area contributed by atoms with Crippen molar-refractivity contribution in [1.82, 2.24) is 9.55 Å². The summed E-state index contributed by atoms with van der Waals surface area (Å²) in [4.78, 5) is 16.5. The zero-order valence-corrected chi connectivity index (χ0v) is 13.7. The molecule has 0 saturated heterocycles. The predicted octanol–water partition coefficient (Wildman–Crippen LogP) is 3.79. The molecule has 2 aromatic heterocycles. The molecule has 24 heavy (non-hydrogen) atoms. The fourth-order valence-electron chi connectivity index (χ4n) is 2.21. The monoisotopic (exact) mass is 334 g/mol. The van der Waals surface area contributed by atoms with Gasteiger partial charge in [-0.25, -0.2) is 4.98 Å². The van der Waals surface area contributed by atoms with Gasteiger partial charge in [-0.1, -0.05) is 18.2 Å². The number of nitrogens with one attached hydrogen (secondary N) is 1. The van der Waals surface area contributed by atoms with Crippen molar-refractivity contribution in [2.24, 2.45) is 0 Å². The van der Waals surface area contributed by atoms with Gasteiger partial charge in [0.15, 0.2) is 5.13 Å². The minimum Gasteiger partial charge on any atom is -0.317 e. The van der Waals surface area contributed by atoms with Crippen LogP contribution in [0.15, 0.2) is 59.6 Å². The molecule has 0 radical (unpaired) electrons. The normalized spacial score (nSPS) is 11.1. The van der Waals surface area contributed by atoms with E-state index in [4.69, 9.17) is 0 Å². The molecule has 118 valence electrons. The number of aromatic nitrogens is 2. The summed E-state index contributed by atoms with van der Waals surface area (Å²) in [5.74, 6) is -0.465. The molecule has 0 atom stereocenters. The first-order valence-corrected chi connectivity index (χ1v) is 8.13. The Morgan fingerprint density at radius 1 is 1.29 bits per heavy atom. The van der Waals surface area contributed by atoms with Gasteiger partial charge in [-0.15, -0.1) is 11.3 Å². The molecule has 2 heterocycles. The second kappa shape index (κ2) is 6.94. The molecular formula is C18H14N4OS. The van der Waals surface area contributed by atoms with Crippen LogP contribution in [0.5, 0.6) is 0 Å². The first-order chi connectivity index (χ1) is 11.7. The van der Waals surface area contributed by atoms with E-state index < -0.39 is 5.91 Å².